The molecule has 0 aliphatic heterocycles. The van der Waals surface area contributed by atoms with Gasteiger partial charge in [0.1, 0.15) is 11.5 Å². The van der Waals surface area contributed by atoms with Crippen molar-refractivity contribution < 1.29 is 22.7 Å². The third-order valence-electron chi connectivity index (χ3n) is 4.59. The van der Waals surface area contributed by atoms with Gasteiger partial charge < -0.3 is 14.8 Å². The smallest absolute Gasteiger partial charge is 0.264 e. The molecule has 0 radical (unpaired) electrons. The van der Waals surface area contributed by atoms with Crippen LogP contribution >= 0.6 is 0 Å². The first-order valence-electron chi connectivity index (χ1n) is 9.62. The number of nitrogens with one attached hydrogen (secondary N) is 1. The number of hydrogen-bond acceptors (Lipinski definition) is 5. The predicted octanol–water partition coefficient (Wildman–Crippen LogP) is 4.17. The number of amides is 1. The lowest BCUT2D eigenvalue weighted by Crippen LogP contribution is -2.26. The molecule has 0 heterocycles. The average molecular weight is 441 g/mol. The SMILES string of the molecule is CCOc1cccc(NC(=O)c2cccc(N(C)S(=O)(=O)c3ccc(OC)cc3)c2)c1. The first-order valence-corrected chi connectivity index (χ1v) is 11.1. The summed E-state index contributed by atoms with van der Waals surface area (Å²) < 4.78 is 37.6. The van der Waals surface area contributed by atoms with E-state index in [0.29, 0.717) is 35.0 Å². The second kappa shape index (κ2) is 9.53. The van der Waals surface area contributed by atoms with Crippen LogP contribution in [0.15, 0.2) is 77.7 Å². The topological polar surface area (TPSA) is 84.9 Å². The highest BCUT2D eigenvalue weighted by Crippen LogP contribution is 2.25. The first-order chi connectivity index (χ1) is 14.8. The molecule has 8 heteroatoms. The van der Waals surface area contributed by atoms with E-state index in [2.05, 4.69) is 5.32 Å². The van der Waals surface area contributed by atoms with E-state index in [4.69, 9.17) is 9.47 Å². The maximum atomic E-state index is 13.0. The molecule has 0 aromatic heterocycles. The second-order valence-corrected chi connectivity index (χ2v) is 8.58. The van der Waals surface area contributed by atoms with Gasteiger partial charge in [0, 0.05) is 24.4 Å². The Kier molecular flexibility index (Phi) is 6.81. The average Bonchev–Trinajstić information content (AvgIpc) is 2.79. The maximum absolute atomic E-state index is 13.0. The van der Waals surface area contributed by atoms with Crippen LogP contribution in [-0.4, -0.2) is 35.1 Å². The molecule has 1 amide bonds. The van der Waals surface area contributed by atoms with E-state index in [9.17, 15) is 13.2 Å². The van der Waals surface area contributed by atoms with Gasteiger partial charge in [0.05, 0.1) is 24.3 Å². The van der Waals surface area contributed by atoms with Crippen molar-refractivity contribution in [2.75, 3.05) is 30.4 Å². The molecule has 162 valence electrons. The summed E-state index contributed by atoms with van der Waals surface area (Å²) in [6.45, 7) is 2.40. The lowest BCUT2D eigenvalue weighted by molar-refractivity contribution is 0.102. The number of anilines is 2. The summed E-state index contributed by atoms with van der Waals surface area (Å²) in [5.74, 6) is 0.860. The summed E-state index contributed by atoms with van der Waals surface area (Å²) in [6.07, 6.45) is 0. The van der Waals surface area contributed by atoms with E-state index in [-0.39, 0.29) is 10.8 Å². The standard InChI is InChI=1S/C23H24N2O5S/c1-4-30-21-10-6-8-18(16-21)24-23(26)17-7-5-9-19(15-17)25(2)31(27,28)22-13-11-20(29-3)12-14-22/h5-16H,4H2,1-3H3,(H,24,26). The summed E-state index contributed by atoms with van der Waals surface area (Å²) in [4.78, 5) is 12.8. The first kappa shape index (κ1) is 22.2. The number of hydrogen-bond donors (Lipinski definition) is 1. The van der Waals surface area contributed by atoms with Gasteiger partial charge in [-0.3, -0.25) is 9.10 Å². The molecule has 0 aliphatic rings. The van der Waals surface area contributed by atoms with Crippen LogP contribution in [0.25, 0.3) is 0 Å². The molecule has 0 fully saturated rings. The fourth-order valence-electron chi connectivity index (χ4n) is 2.92. The molecule has 7 nitrogen and oxygen atoms in total. The van der Waals surface area contributed by atoms with E-state index in [1.54, 1.807) is 54.6 Å². The maximum Gasteiger partial charge on any atom is 0.264 e. The van der Waals surface area contributed by atoms with Crippen molar-refractivity contribution in [3.05, 3.63) is 78.4 Å². The highest BCUT2D eigenvalue weighted by Gasteiger charge is 2.22. The van der Waals surface area contributed by atoms with Crippen LogP contribution in [0.5, 0.6) is 11.5 Å². The van der Waals surface area contributed by atoms with Crippen molar-refractivity contribution >= 4 is 27.3 Å². The van der Waals surface area contributed by atoms with Crippen LogP contribution in [0.2, 0.25) is 0 Å². The van der Waals surface area contributed by atoms with Crippen molar-refractivity contribution in [1.82, 2.24) is 0 Å². The van der Waals surface area contributed by atoms with Gasteiger partial charge >= 0.3 is 0 Å². The Bertz CT molecular complexity index is 1160. The van der Waals surface area contributed by atoms with Crippen molar-refractivity contribution in [2.24, 2.45) is 0 Å². The Hall–Kier alpha value is -3.52. The Morgan fingerprint density at radius 2 is 1.68 bits per heavy atom. The number of methoxy groups -OCH3 is 1. The van der Waals surface area contributed by atoms with Crippen LogP contribution < -0.4 is 19.1 Å². The zero-order valence-electron chi connectivity index (χ0n) is 17.5. The van der Waals surface area contributed by atoms with Gasteiger partial charge in [-0.1, -0.05) is 12.1 Å². The van der Waals surface area contributed by atoms with Crippen LogP contribution in [0, 0.1) is 0 Å². The summed E-state index contributed by atoms with van der Waals surface area (Å²) >= 11 is 0. The minimum Gasteiger partial charge on any atom is -0.497 e. The zero-order chi connectivity index (χ0) is 22.4. The molecule has 0 spiro atoms. The number of rotatable bonds is 8. The normalized spacial score (nSPS) is 10.9. The van der Waals surface area contributed by atoms with Crippen molar-refractivity contribution in [1.29, 1.82) is 0 Å². The molecule has 3 rings (SSSR count). The zero-order valence-corrected chi connectivity index (χ0v) is 18.3. The minimum absolute atomic E-state index is 0.124. The summed E-state index contributed by atoms with van der Waals surface area (Å²) in [6, 6.07) is 19.6. The molecule has 31 heavy (non-hydrogen) atoms. The molecule has 0 saturated carbocycles. The van der Waals surface area contributed by atoms with Crippen molar-refractivity contribution in [3.8, 4) is 11.5 Å². The largest absolute Gasteiger partial charge is 0.497 e. The number of carbonyl (C=O) groups excluding carboxylic acids is 1. The minimum atomic E-state index is -3.80. The van der Waals surface area contributed by atoms with Gasteiger partial charge in [-0.15, -0.1) is 0 Å². The van der Waals surface area contributed by atoms with Crippen LogP contribution in [0.3, 0.4) is 0 Å². The fourth-order valence-corrected chi connectivity index (χ4v) is 4.11. The quantitative estimate of drug-likeness (QED) is 0.568. The van der Waals surface area contributed by atoms with Crippen molar-refractivity contribution in [3.63, 3.8) is 0 Å². The van der Waals surface area contributed by atoms with Gasteiger partial charge in [-0.25, -0.2) is 8.42 Å². The monoisotopic (exact) mass is 440 g/mol. The molecule has 3 aromatic rings. The van der Waals surface area contributed by atoms with E-state index in [1.165, 1.54) is 32.4 Å². The molecule has 0 aliphatic carbocycles. The number of sulfonamides is 1. The van der Waals surface area contributed by atoms with E-state index >= 15 is 0 Å². The molecule has 3 aromatic carbocycles. The molecule has 0 saturated heterocycles. The third kappa shape index (κ3) is 5.16. The van der Waals surface area contributed by atoms with E-state index < -0.39 is 10.0 Å². The van der Waals surface area contributed by atoms with Gasteiger partial charge in [-0.2, -0.15) is 0 Å². The second-order valence-electron chi connectivity index (χ2n) is 6.61. The van der Waals surface area contributed by atoms with Gasteiger partial charge in [0.2, 0.25) is 0 Å². The molecule has 0 bridgehead atoms. The van der Waals surface area contributed by atoms with Crippen LogP contribution in [0.4, 0.5) is 11.4 Å². The summed E-state index contributed by atoms with van der Waals surface area (Å²) in [7, 11) is -0.841. The van der Waals surface area contributed by atoms with E-state index in [1.807, 2.05) is 6.92 Å². The predicted molar refractivity (Wildman–Crippen MR) is 121 cm³/mol. The highest BCUT2D eigenvalue weighted by molar-refractivity contribution is 7.92. The number of carbonyl (C=O) groups is 1. The number of ether oxygens (including phenoxy) is 2. The van der Waals surface area contributed by atoms with Gasteiger partial charge in [0.25, 0.3) is 15.9 Å². The lowest BCUT2D eigenvalue weighted by Gasteiger charge is -2.20. The summed E-state index contributed by atoms with van der Waals surface area (Å²) in [5, 5.41) is 2.81. The molecule has 0 unspecified atom stereocenters. The van der Waals surface area contributed by atoms with Crippen LogP contribution in [-0.2, 0) is 10.0 Å². The summed E-state index contributed by atoms with van der Waals surface area (Å²) in [5.41, 5.74) is 1.28. The van der Waals surface area contributed by atoms with E-state index in [0.717, 1.165) is 4.31 Å². The molecular weight excluding hydrogens is 416 g/mol. The van der Waals surface area contributed by atoms with Gasteiger partial charge in [-0.05, 0) is 61.5 Å². The lowest BCUT2D eigenvalue weighted by atomic mass is 10.2. The Morgan fingerprint density at radius 1 is 0.968 bits per heavy atom. The van der Waals surface area contributed by atoms with Gasteiger partial charge in [0.15, 0.2) is 0 Å². The Balaban J connectivity index is 1.81. The molecule has 0 atom stereocenters. The Labute approximate surface area is 182 Å². The Morgan fingerprint density at radius 3 is 2.35 bits per heavy atom. The third-order valence-corrected chi connectivity index (χ3v) is 6.39. The molecule has 1 N–H and O–H groups in total. The highest BCUT2D eigenvalue weighted by atomic mass is 32.2. The van der Waals surface area contributed by atoms with Crippen molar-refractivity contribution in [2.45, 2.75) is 11.8 Å². The number of benzene rings is 3. The number of nitrogens with zero attached hydrogens (tertiary/aromatic N) is 1. The van der Waals surface area contributed by atoms with Crippen LogP contribution in [0.1, 0.15) is 17.3 Å². The molecular formula is C23H24N2O5S. The fraction of sp³-hybridized carbons (Fsp3) is 0.174.